The number of nitrogens with zero attached hydrogens (tertiary/aromatic N) is 2. The highest BCUT2D eigenvalue weighted by Gasteiger charge is 2.08. The van der Waals surface area contributed by atoms with Gasteiger partial charge >= 0.3 is 0 Å². The summed E-state index contributed by atoms with van der Waals surface area (Å²) in [6.45, 7) is 0. The van der Waals surface area contributed by atoms with E-state index in [1.165, 1.54) is 31.2 Å². The molecule has 1 aromatic carbocycles. The number of ether oxygens (including phenoxy) is 1. The predicted molar refractivity (Wildman–Crippen MR) is 90.4 cm³/mol. The average molecular weight is 352 g/mol. The Kier molecular flexibility index (Phi) is 6.25. The standard InChI is InChI=1S/C15H14ClN3O3S/c1-22-12-7-10(6-11(16)15(12)21)8-18-19-13(20)9-23-14-4-2-3-5-17-14/h2-8,21H,9H2,1H3,(H,19,20)/b18-8+. The molecule has 1 amide bonds. The minimum Gasteiger partial charge on any atom is -0.503 e. The van der Waals surface area contributed by atoms with Gasteiger partial charge in [0.2, 0.25) is 5.91 Å². The van der Waals surface area contributed by atoms with Gasteiger partial charge in [0.25, 0.3) is 0 Å². The second kappa shape index (κ2) is 8.40. The van der Waals surface area contributed by atoms with Crippen LogP contribution in [0.2, 0.25) is 5.02 Å². The fourth-order valence-electron chi connectivity index (χ4n) is 1.61. The summed E-state index contributed by atoms with van der Waals surface area (Å²) in [4.78, 5) is 15.8. The summed E-state index contributed by atoms with van der Waals surface area (Å²) < 4.78 is 4.99. The first-order chi connectivity index (χ1) is 11.1. The highest BCUT2D eigenvalue weighted by molar-refractivity contribution is 7.99. The number of carbonyl (C=O) groups is 1. The summed E-state index contributed by atoms with van der Waals surface area (Å²) in [7, 11) is 1.42. The Morgan fingerprint density at radius 2 is 2.35 bits per heavy atom. The molecule has 0 aliphatic rings. The number of phenolic OH excluding ortho intramolecular Hbond substituents is 1. The van der Waals surface area contributed by atoms with Crippen molar-refractivity contribution in [2.75, 3.05) is 12.9 Å². The first-order valence-electron chi connectivity index (χ1n) is 6.52. The zero-order chi connectivity index (χ0) is 16.7. The van der Waals surface area contributed by atoms with Gasteiger partial charge in [-0.1, -0.05) is 29.4 Å². The molecule has 1 heterocycles. The van der Waals surface area contributed by atoms with E-state index in [1.807, 2.05) is 18.2 Å². The summed E-state index contributed by atoms with van der Waals surface area (Å²) in [5.41, 5.74) is 2.99. The van der Waals surface area contributed by atoms with Gasteiger partial charge in [-0.2, -0.15) is 5.10 Å². The van der Waals surface area contributed by atoms with Gasteiger partial charge in [0, 0.05) is 6.20 Å². The first-order valence-corrected chi connectivity index (χ1v) is 7.88. The van der Waals surface area contributed by atoms with Crippen molar-refractivity contribution in [3.05, 3.63) is 47.1 Å². The molecule has 0 fully saturated rings. The molecule has 2 N–H and O–H groups in total. The van der Waals surface area contributed by atoms with E-state index in [2.05, 4.69) is 15.5 Å². The number of aromatic hydroxyl groups is 1. The van der Waals surface area contributed by atoms with Crippen LogP contribution in [-0.4, -0.2) is 35.1 Å². The van der Waals surface area contributed by atoms with Crippen molar-refractivity contribution in [2.45, 2.75) is 5.03 Å². The molecule has 0 radical (unpaired) electrons. The maximum Gasteiger partial charge on any atom is 0.250 e. The van der Waals surface area contributed by atoms with Gasteiger partial charge in [-0.05, 0) is 29.8 Å². The second-order valence-electron chi connectivity index (χ2n) is 4.30. The Hall–Kier alpha value is -2.25. The molecule has 0 saturated carbocycles. The number of carbonyl (C=O) groups excluding carboxylic acids is 1. The average Bonchev–Trinajstić information content (AvgIpc) is 2.57. The molecule has 120 valence electrons. The number of pyridine rings is 1. The summed E-state index contributed by atoms with van der Waals surface area (Å²) in [6, 6.07) is 8.56. The van der Waals surface area contributed by atoms with E-state index in [9.17, 15) is 9.90 Å². The van der Waals surface area contributed by atoms with Crippen molar-refractivity contribution in [2.24, 2.45) is 5.10 Å². The van der Waals surface area contributed by atoms with Crippen LogP contribution in [0.15, 0.2) is 46.7 Å². The largest absolute Gasteiger partial charge is 0.503 e. The van der Waals surface area contributed by atoms with Gasteiger partial charge in [0.05, 0.1) is 29.1 Å². The molecule has 1 aromatic heterocycles. The van der Waals surface area contributed by atoms with E-state index >= 15 is 0 Å². The Bertz CT molecular complexity index is 711. The molecule has 0 aliphatic carbocycles. The van der Waals surface area contributed by atoms with Crippen LogP contribution in [0.1, 0.15) is 5.56 Å². The molecule has 23 heavy (non-hydrogen) atoms. The predicted octanol–water partition coefficient (Wildman–Crippen LogP) is 2.69. The van der Waals surface area contributed by atoms with Gasteiger partial charge in [0.1, 0.15) is 0 Å². The second-order valence-corrected chi connectivity index (χ2v) is 5.71. The van der Waals surface area contributed by atoms with Crippen LogP contribution >= 0.6 is 23.4 Å². The highest BCUT2D eigenvalue weighted by Crippen LogP contribution is 2.34. The number of hydrogen-bond donors (Lipinski definition) is 2. The topological polar surface area (TPSA) is 83.8 Å². The lowest BCUT2D eigenvalue weighted by Crippen LogP contribution is -2.19. The number of aromatic nitrogens is 1. The first kappa shape index (κ1) is 17.1. The molecule has 0 aliphatic heterocycles. The summed E-state index contributed by atoms with van der Waals surface area (Å²) >= 11 is 7.18. The maximum atomic E-state index is 11.7. The Morgan fingerprint density at radius 3 is 3.04 bits per heavy atom. The van der Waals surface area contributed by atoms with Crippen molar-refractivity contribution in [1.82, 2.24) is 10.4 Å². The van der Waals surface area contributed by atoms with E-state index in [-0.39, 0.29) is 28.2 Å². The van der Waals surface area contributed by atoms with E-state index in [0.29, 0.717) is 5.56 Å². The van der Waals surface area contributed by atoms with Crippen molar-refractivity contribution >= 4 is 35.5 Å². The monoisotopic (exact) mass is 351 g/mol. The maximum absolute atomic E-state index is 11.7. The van der Waals surface area contributed by atoms with Gasteiger partial charge < -0.3 is 9.84 Å². The third-order valence-electron chi connectivity index (χ3n) is 2.66. The van der Waals surface area contributed by atoms with E-state index in [1.54, 1.807) is 12.3 Å². The van der Waals surface area contributed by atoms with Gasteiger partial charge in [-0.25, -0.2) is 10.4 Å². The number of thioether (sulfide) groups is 1. The van der Waals surface area contributed by atoms with E-state index in [4.69, 9.17) is 16.3 Å². The fraction of sp³-hybridized carbons (Fsp3) is 0.133. The third kappa shape index (κ3) is 5.15. The lowest BCUT2D eigenvalue weighted by atomic mass is 10.2. The van der Waals surface area contributed by atoms with Crippen LogP contribution in [0.5, 0.6) is 11.5 Å². The molecule has 2 rings (SSSR count). The number of hydrazone groups is 1. The van der Waals surface area contributed by atoms with Crippen molar-refractivity contribution in [3.63, 3.8) is 0 Å². The molecule has 8 heteroatoms. The number of hydrogen-bond acceptors (Lipinski definition) is 6. The van der Waals surface area contributed by atoms with Crippen LogP contribution < -0.4 is 10.2 Å². The number of amides is 1. The molecule has 0 bridgehead atoms. The molecular formula is C15H14ClN3O3S. The molecule has 0 unspecified atom stereocenters. The van der Waals surface area contributed by atoms with Crippen LogP contribution in [0.4, 0.5) is 0 Å². The lowest BCUT2D eigenvalue weighted by Gasteiger charge is -2.06. The molecular weight excluding hydrogens is 338 g/mol. The number of phenols is 1. The fourth-order valence-corrected chi connectivity index (χ4v) is 2.48. The summed E-state index contributed by atoms with van der Waals surface area (Å²) in [5, 5.41) is 14.4. The van der Waals surface area contributed by atoms with Crippen LogP contribution in [0.3, 0.4) is 0 Å². The zero-order valence-electron chi connectivity index (χ0n) is 12.2. The SMILES string of the molecule is COc1cc(/C=N/NC(=O)CSc2ccccn2)cc(Cl)c1O. The summed E-state index contributed by atoms with van der Waals surface area (Å²) in [5.74, 6) is 0.0421. The Balaban J connectivity index is 1.89. The quantitative estimate of drug-likeness (QED) is 0.475. The van der Waals surface area contributed by atoms with Crippen LogP contribution in [0, 0.1) is 0 Å². The number of rotatable bonds is 6. The molecule has 0 spiro atoms. The van der Waals surface area contributed by atoms with E-state index < -0.39 is 0 Å². The molecule has 0 atom stereocenters. The van der Waals surface area contributed by atoms with E-state index in [0.717, 1.165) is 5.03 Å². The minimum absolute atomic E-state index is 0.137. The molecule has 6 nitrogen and oxygen atoms in total. The van der Waals surface area contributed by atoms with Gasteiger partial charge in [0.15, 0.2) is 11.5 Å². The molecule has 2 aromatic rings. The van der Waals surface area contributed by atoms with Crippen molar-refractivity contribution in [1.29, 1.82) is 0 Å². The minimum atomic E-state index is -0.256. The highest BCUT2D eigenvalue weighted by atomic mass is 35.5. The zero-order valence-corrected chi connectivity index (χ0v) is 13.8. The Morgan fingerprint density at radius 1 is 1.52 bits per heavy atom. The number of methoxy groups -OCH3 is 1. The number of benzene rings is 1. The number of nitrogens with one attached hydrogen (secondary N) is 1. The summed E-state index contributed by atoms with van der Waals surface area (Å²) in [6.07, 6.45) is 3.08. The lowest BCUT2D eigenvalue weighted by molar-refractivity contribution is -0.118. The molecule has 0 saturated heterocycles. The van der Waals surface area contributed by atoms with Crippen LogP contribution in [0.25, 0.3) is 0 Å². The smallest absolute Gasteiger partial charge is 0.250 e. The number of halogens is 1. The van der Waals surface area contributed by atoms with Crippen molar-refractivity contribution < 1.29 is 14.6 Å². The van der Waals surface area contributed by atoms with Gasteiger partial charge in [-0.15, -0.1) is 0 Å². The normalized spacial score (nSPS) is 10.7. The van der Waals surface area contributed by atoms with Crippen molar-refractivity contribution in [3.8, 4) is 11.5 Å². The van der Waals surface area contributed by atoms with Gasteiger partial charge in [-0.3, -0.25) is 4.79 Å². The van der Waals surface area contributed by atoms with Crippen LogP contribution in [-0.2, 0) is 4.79 Å². The third-order valence-corrected chi connectivity index (χ3v) is 3.89. The Labute approximate surface area is 142 Å².